The number of fused-ring (bicyclic) bond motifs is 1. The summed E-state index contributed by atoms with van der Waals surface area (Å²) in [7, 11) is 1.17. The molecule has 170 valence electrons. The van der Waals surface area contributed by atoms with Crippen LogP contribution in [0.5, 0.6) is 0 Å². The molecule has 0 unspecified atom stereocenters. The van der Waals surface area contributed by atoms with Crippen molar-refractivity contribution in [1.29, 1.82) is 0 Å². The molecule has 0 radical (unpaired) electrons. The van der Waals surface area contributed by atoms with Crippen molar-refractivity contribution in [2.24, 2.45) is 0 Å². The van der Waals surface area contributed by atoms with Crippen LogP contribution in [0.4, 0.5) is 17.5 Å². The van der Waals surface area contributed by atoms with E-state index in [1.807, 2.05) is 62.4 Å². The Morgan fingerprint density at radius 1 is 1.24 bits per heavy atom. The van der Waals surface area contributed by atoms with E-state index in [4.69, 9.17) is 9.31 Å². The van der Waals surface area contributed by atoms with Gasteiger partial charge in [-0.3, -0.25) is 0 Å². The predicted molar refractivity (Wildman–Crippen MR) is 125 cm³/mol. The maximum Gasteiger partial charge on any atom is 0.494 e. The number of nitrogens with one attached hydrogen (secondary N) is 2. The first kappa shape index (κ1) is 22.7. The molecule has 0 saturated heterocycles. The Kier molecular flexibility index (Phi) is 6.32. The van der Waals surface area contributed by atoms with E-state index in [0.29, 0.717) is 0 Å². The first-order valence-corrected chi connectivity index (χ1v) is 10.5. The lowest BCUT2D eigenvalue weighted by atomic mass is 9.77. The number of anilines is 3. The van der Waals surface area contributed by atoms with Crippen molar-refractivity contribution in [1.82, 2.24) is 9.97 Å². The van der Waals surface area contributed by atoms with Gasteiger partial charge in [-0.15, -0.1) is 0 Å². The summed E-state index contributed by atoms with van der Waals surface area (Å²) in [4.78, 5) is 20.3. The molecule has 0 spiro atoms. The van der Waals surface area contributed by atoms with Gasteiger partial charge < -0.3 is 30.2 Å². The van der Waals surface area contributed by atoms with Crippen LogP contribution in [0, 0.1) is 0 Å². The summed E-state index contributed by atoms with van der Waals surface area (Å²) < 4.78 is 11.4. The fourth-order valence-electron chi connectivity index (χ4n) is 3.85. The van der Waals surface area contributed by atoms with Crippen molar-refractivity contribution in [3.8, 4) is 0 Å². The van der Waals surface area contributed by atoms with E-state index in [1.54, 1.807) is 7.11 Å². The number of nitrogens with zero attached hydrogens (tertiary/aromatic N) is 2. The van der Waals surface area contributed by atoms with Crippen LogP contribution >= 0.6 is 0 Å². The highest BCUT2D eigenvalue weighted by Crippen LogP contribution is 2.33. The summed E-state index contributed by atoms with van der Waals surface area (Å²) in [6, 6.07) is 14.4. The molecule has 9 nitrogen and oxygen atoms in total. The molecule has 0 aliphatic carbocycles. The third-order valence-corrected chi connectivity index (χ3v) is 5.54. The molecule has 4 N–H and O–H groups in total. The molecule has 0 saturated carbocycles. The van der Waals surface area contributed by atoms with E-state index >= 15 is 0 Å². The van der Waals surface area contributed by atoms with Crippen LogP contribution in [0.2, 0.25) is 0 Å². The zero-order valence-electron chi connectivity index (χ0n) is 18.6. The molecule has 0 fully saturated rings. The number of aromatic nitrogens is 2. The average molecular weight is 448 g/mol. The van der Waals surface area contributed by atoms with E-state index < -0.39 is 24.7 Å². The summed E-state index contributed by atoms with van der Waals surface area (Å²) in [6.45, 7) is 3.69. The molecule has 3 aromatic rings. The van der Waals surface area contributed by atoms with Crippen molar-refractivity contribution < 1.29 is 24.3 Å². The Bertz CT molecular complexity index is 1160. The predicted octanol–water partition coefficient (Wildman–Crippen LogP) is 2.67. The number of aromatic carboxylic acids is 1. The molecule has 10 heteroatoms. The number of aliphatic hydroxyl groups excluding tert-OH is 1. The lowest BCUT2D eigenvalue weighted by molar-refractivity contribution is 0.0696. The lowest BCUT2D eigenvalue weighted by Crippen LogP contribution is -2.31. The SMILES string of the molecule is COB1OC(C)(C)c2cc(Nc3ncc(C(=O)O)c(N[C@H](CO)c4ccccc4)n3)ccc21. The second-order valence-electron chi connectivity index (χ2n) is 8.17. The van der Waals surface area contributed by atoms with Crippen molar-refractivity contribution in [3.63, 3.8) is 0 Å². The van der Waals surface area contributed by atoms with Crippen LogP contribution in [0.1, 0.15) is 41.4 Å². The number of aliphatic hydroxyl groups is 1. The number of rotatable bonds is 8. The molecule has 0 bridgehead atoms. The van der Waals surface area contributed by atoms with Crippen molar-refractivity contribution in [3.05, 3.63) is 71.4 Å². The summed E-state index contributed by atoms with van der Waals surface area (Å²) in [5.41, 5.74) is 2.83. The molecule has 1 atom stereocenters. The van der Waals surface area contributed by atoms with Gasteiger partial charge in [0.05, 0.1) is 18.2 Å². The number of benzene rings is 2. The van der Waals surface area contributed by atoms with Gasteiger partial charge in [0.2, 0.25) is 5.95 Å². The molecule has 0 amide bonds. The highest BCUT2D eigenvalue weighted by atomic mass is 16.6. The van der Waals surface area contributed by atoms with Gasteiger partial charge in [0, 0.05) is 19.0 Å². The normalized spacial score (nSPS) is 15.1. The number of hydrogen-bond donors (Lipinski definition) is 4. The number of carboxylic acid groups (broad SMARTS) is 1. The van der Waals surface area contributed by atoms with Gasteiger partial charge in [-0.2, -0.15) is 4.98 Å². The minimum absolute atomic E-state index is 0.0960. The molecule has 2 heterocycles. The largest absolute Gasteiger partial charge is 0.494 e. The van der Waals surface area contributed by atoms with Crippen LogP contribution in [0.15, 0.2) is 54.7 Å². The topological polar surface area (TPSA) is 126 Å². The zero-order chi connectivity index (χ0) is 23.6. The van der Waals surface area contributed by atoms with Gasteiger partial charge in [-0.1, -0.05) is 36.4 Å². The lowest BCUT2D eigenvalue weighted by Gasteiger charge is -2.21. The van der Waals surface area contributed by atoms with Gasteiger partial charge in [0.15, 0.2) is 0 Å². The first-order chi connectivity index (χ1) is 15.8. The Balaban J connectivity index is 1.63. The molecule has 4 rings (SSSR count). The summed E-state index contributed by atoms with van der Waals surface area (Å²) in [6.07, 6.45) is 1.24. The molecular weight excluding hydrogens is 423 g/mol. The van der Waals surface area contributed by atoms with Gasteiger partial charge in [0.1, 0.15) is 11.4 Å². The van der Waals surface area contributed by atoms with E-state index in [-0.39, 0.29) is 23.9 Å². The third-order valence-electron chi connectivity index (χ3n) is 5.54. The average Bonchev–Trinajstić information content (AvgIpc) is 3.07. The highest BCUT2D eigenvalue weighted by Gasteiger charge is 2.42. The van der Waals surface area contributed by atoms with Crippen LogP contribution in [0.25, 0.3) is 0 Å². The third kappa shape index (κ3) is 4.68. The molecular formula is C23H25BN4O5. The summed E-state index contributed by atoms with van der Waals surface area (Å²) in [5.74, 6) is -0.852. The van der Waals surface area contributed by atoms with Gasteiger partial charge in [-0.25, -0.2) is 9.78 Å². The van der Waals surface area contributed by atoms with Crippen molar-refractivity contribution in [2.75, 3.05) is 24.4 Å². The Hall–Kier alpha value is -3.47. The molecule has 1 aromatic heterocycles. The van der Waals surface area contributed by atoms with Gasteiger partial charge in [0.25, 0.3) is 0 Å². The van der Waals surface area contributed by atoms with Gasteiger partial charge in [-0.05, 0) is 42.6 Å². The number of carboxylic acids is 1. The number of carbonyl (C=O) groups is 1. The fourth-order valence-corrected chi connectivity index (χ4v) is 3.85. The minimum Gasteiger partial charge on any atom is -0.477 e. The quantitative estimate of drug-likeness (QED) is 0.385. The molecule has 33 heavy (non-hydrogen) atoms. The maximum absolute atomic E-state index is 11.7. The smallest absolute Gasteiger partial charge is 0.477 e. The van der Waals surface area contributed by atoms with Crippen LogP contribution in [0.3, 0.4) is 0 Å². The van der Waals surface area contributed by atoms with E-state index in [0.717, 1.165) is 22.3 Å². The summed E-state index contributed by atoms with van der Waals surface area (Å²) in [5, 5.41) is 25.6. The Labute approximate surface area is 192 Å². The van der Waals surface area contributed by atoms with E-state index in [1.165, 1.54) is 6.20 Å². The van der Waals surface area contributed by atoms with Crippen molar-refractivity contribution in [2.45, 2.75) is 25.5 Å². The fraction of sp³-hybridized carbons (Fsp3) is 0.261. The summed E-state index contributed by atoms with van der Waals surface area (Å²) >= 11 is 0. The molecule has 2 aromatic carbocycles. The van der Waals surface area contributed by atoms with Crippen LogP contribution in [-0.2, 0) is 14.9 Å². The number of hydrogen-bond acceptors (Lipinski definition) is 8. The van der Waals surface area contributed by atoms with Gasteiger partial charge >= 0.3 is 13.1 Å². The van der Waals surface area contributed by atoms with Crippen LogP contribution in [-0.4, -0.2) is 47.0 Å². The Morgan fingerprint density at radius 3 is 2.67 bits per heavy atom. The monoisotopic (exact) mass is 448 g/mol. The van der Waals surface area contributed by atoms with E-state index in [9.17, 15) is 15.0 Å². The molecule has 1 aliphatic rings. The second-order valence-corrected chi connectivity index (χ2v) is 8.17. The standard InChI is InChI=1S/C23H25BN4O5/c1-23(2)17-11-15(9-10-18(17)24(32-3)33-23)26-22-25-12-16(21(30)31)20(28-22)27-19(13-29)14-7-5-4-6-8-14/h4-12,19,29H,13H2,1-3H3,(H,30,31)(H2,25,26,27,28)/t19-/m1/s1. The highest BCUT2D eigenvalue weighted by molar-refractivity contribution is 6.63. The Morgan fingerprint density at radius 2 is 2.00 bits per heavy atom. The second kappa shape index (κ2) is 9.18. The van der Waals surface area contributed by atoms with E-state index in [2.05, 4.69) is 20.6 Å². The van der Waals surface area contributed by atoms with Crippen LogP contribution < -0.4 is 16.1 Å². The maximum atomic E-state index is 11.7. The zero-order valence-corrected chi connectivity index (χ0v) is 18.6. The first-order valence-electron chi connectivity index (χ1n) is 10.5. The van der Waals surface area contributed by atoms with Crippen molar-refractivity contribution >= 4 is 36.0 Å². The molecule has 1 aliphatic heterocycles. The minimum atomic E-state index is -1.17.